The zero-order chi connectivity index (χ0) is 25.1. The second-order valence-electron chi connectivity index (χ2n) is 8.29. The highest BCUT2D eigenvalue weighted by molar-refractivity contribution is 8.14. The maximum absolute atomic E-state index is 13.0. The van der Waals surface area contributed by atoms with E-state index in [1.165, 1.54) is 29.1 Å². The number of hydrogen-bond donors (Lipinski definition) is 1. The number of aryl methyl sites for hydroxylation is 1. The molecule has 0 aliphatic carbocycles. The molecule has 0 unspecified atom stereocenters. The number of carbonyl (C=O) groups is 1. The molecule has 4 aromatic rings. The summed E-state index contributed by atoms with van der Waals surface area (Å²) in [4.78, 5) is 17.8. The molecular formula is C26H25N7OS2. The molecular weight excluding hydrogens is 490 g/mol. The number of rotatable bonds is 7. The number of hydrogen-bond acceptors (Lipinski definition) is 8. The monoisotopic (exact) mass is 515 g/mol. The molecule has 2 aromatic carbocycles. The number of nitrogens with zero attached hydrogens (tertiary/aromatic N) is 6. The summed E-state index contributed by atoms with van der Waals surface area (Å²) in [5.74, 6) is 0.488. The number of allylic oxidation sites excluding steroid dienone is 1. The van der Waals surface area contributed by atoms with Crippen molar-refractivity contribution in [3.8, 4) is 0 Å². The Morgan fingerprint density at radius 2 is 2.00 bits per heavy atom. The van der Waals surface area contributed by atoms with Gasteiger partial charge < -0.3 is 9.88 Å². The molecule has 1 aliphatic heterocycles. The van der Waals surface area contributed by atoms with Crippen LogP contribution in [0.2, 0.25) is 0 Å². The molecule has 2 aromatic heterocycles. The first-order chi connectivity index (χ1) is 17.6. The molecule has 0 radical (unpaired) electrons. The van der Waals surface area contributed by atoms with Gasteiger partial charge in [0.15, 0.2) is 10.8 Å². The minimum absolute atomic E-state index is 0.155. The fraction of sp³-hybridized carbons (Fsp3) is 0.231. The van der Waals surface area contributed by atoms with Gasteiger partial charge in [0.25, 0.3) is 0 Å². The summed E-state index contributed by atoms with van der Waals surface area (Å²) in [6.07, 6.45) is 2.43. The Hall–Kier alpha value is -3.50. The largest absolute Gasteiger partial charge is 0.320 e. The number of nitrogens with one attached hydrogen (secondary N) is 1. The Morgan fingerprint density at radius 1 is 1.19 bits per heavy atom. The SMILES string of the molecule is C=CCn1c2ccccc2c2nnc(S[C@@H](CC)C(=O)NC3=NN=C(c4ccc(C)cc4)CS3)nc21. The molecule has 182 valence electrons. The maximum atomic E-state index is 13.0. The highest BCUT2D eigenvalue weighted by Crippen LogP contribution is 2.29. The Bertz CT molecular complexity index is 1510. The van der Waals surface area contributed by atoms with E-state index in [1.54, 1.807) is 0 Å². The van der Waals surface area contributed by atoms with Crippen molar-refractivity contribution in [3.63, 3.8) is 0 Å². The van der Waals surface area contributed by atoms with E-state index in [4.69, 9.17) is 4.98 Å². The van der Waals surface area contributed by atoms with E-state index in [0.717, 1.165) is 33.3 Å². The van der Waals surface area contributed by atoms with E-state index >= 15 is 0 Å². The van der Waals surface area contributed by atoms with Gasteiger partial charge in [-0.2, -0.15) is 5.10 Å². The Balaban J connectivity index is 1.33. The van der Waals surface area contributed by atoms with Crippen LogP contribution in [-0.4, -0.2) is 47.5 Å². The van der Waals surface area contributed by atoms with Crippen LogP contribution in [0.1, 0.15) is 24.5 Å². The van der Waals surface area contributed by atoms with Gasteiger partial charge in [-0.15, -0.1) is 21.9 Å². The molecule has 1 atom stereocenters. The van der Waals surface area contributed by atoms with Crippen LogP contribution in [-0.2, 0) is 11.3 Å². The average molecular weight is 516 g/mol. The van der Waals surface area contributed by atoms with Crippen molar-refractivity contribution in [2.45, 2.75) is 37.2 Å². The van der Waals surface area contributed by atoms with Gasteiger partial charge >= 0.3 is 0 Å². The summed E-state index contributed by atoms with van der Waals surface area (Å²) in [5.41, 5.74) is 5.63. The number of thioether (sulfide) groups is 2. The van der Waals surface area contributed by atoms with Crippen LogP contribution in [0.4, 0.5) is 0 Å². The predicted octanol–water partition coefficient (Wildman–Crippen LogP) is 4.97. The standard InChI is InChI=1S/C26H25N7OS2/c1-4-14-33-20-9-7-6-8-18(20)22-23(33)27-26(32-30-22)36-21(5-2)24(34)28-25-31-29-19(15-35-25)17-12-10-16(3)11-13-17/h4,6-13,21H,1,5,14-15H2,2-3H3,(H,28,31,34)/t21-/m0/s1. The second kappa shape index (κ2) is 10.6. The number of aromatic nitrogens is 4. The summed E-state index contributed by atoms with van der Waals surface area (Å²) in [6.45, 7) is 8.49. The van der Waals surface area contributed by atoms with Gasteiger partial charge in [0.1, 0.15) is 5.52 Å². The molecule has 5 rings (SSSR count). The Labute approximate surface area is 217 Å². The highest BCUT2D eigenvalue weighted by atomic mass is 32.2. The van der Waals surface area contributed by atoms with Crippen molar-refractivity contribution in [2.75, 3.05) is 5.75 Å². The third-order valence-corrected chi connectivity index (χ3v) is 7.89. The first-order valence-corrected chi connectivity index (χ1v) is 13.5. The van der Waals surface area contributed by atoms with E-state index in [9.17, 15) is 4.79 Å². The van der Waals surface area contributed by atoms with Gasteiger partial charge in [0, 0.05) is 17.7 Å². The Kier molecular flexibility index (Phi) is 7.15. The van der Waals surface area contributed by atoms with E-state index < -0.39 is 5.25 Å². The molecule has 0 saturated heterocycles. The molecule has 3 heterocycles. The van der Waals surface area contributed by atoms with Crippen LogP contribution in [0.5, 0.6) is 0 Å². The van der Waals surface area contributed by atoms with Crippen molar-refractivity contribution in [2.24, 2.45) is 10.2 Å². The van der Waals surface area contributed by atoms with Crippen LogP contribution in [0.25, 0.3) is 22.1 Å². The van der Waals surface area contributed by atoms with Crippen molar-refractivity contribution in [1.29, 1.82) is 0 Å². The normalized spacial score (nSPS) is 14.4. The number of amidine groups is 1. The fourth-order valence-corrected chi connectivity index (χ4v) is 5.52. The molecule has 10 heteroatoms. The molecule has 8 nitrogen and oxygen atoms in total. The number of para-hydroxylation sites is 1. The maximum Gasteiger partial charge on any atom is 0.239 e. The molecule has 36 heavy (non-hydrogen) atoms. The van der Waals surface area contributed by atoms with E-state index in [0.29, 0.717) is 29.0 Å². The summed E-state index contributed by atoms with van der Waals surface area (Å²) in [6, 6.07) is 16.2. The van der Waals surface area contributed by atoms with Crippen LogP contribution in [0.15, 0.2) is 76.5 Å². The van der Waals surface area contributed by atoms with Crippen molar-refractivity contribution in [3.05, 3.63) is 72.3 Å². The first-order valence-electron chi connectivity index (χ1n) is 11.6. The van der Waals surface area contributed by atoms with Crippen LogP contribution in [0.3, 0.4) is 0 Å². The van der Waals surface area contributed by atoms with E-state index in [-0.39, 0.29) is 5.91 Å². The predicted molar refractivity (Wildman–Crippen MR) is 149 cm³/mol. The lowest BCUT2D eigenvalue weighted by Gasteiger charge is -2.16. The number of benzene rings is 2. The lowest BCUT2D eigenvalue weighted by molar-refractivity contribution is -0.119. The van der Waals surface area contributed by atoms with Crippen LogP contribution in [0, 0.1) is 6.92 Å². The summed E-state index contributed by atoms with van der Waals surface area (Å²) in [7, 11) is 0. The third-order valence-electron chi connectivity index (χ3n) is 5.80. The molecule has 0 saturated carbocycles. The molecule has 0 spiro atoms. The van der Waals surface area contributed by atoms with Crippen LogP contribution < -0.4 is 5.32 Å². The van der Waals surface area contributed by atoms with Crippen molar-refractivity contribution in [1.82, 2.24) is 25.1 Å². The molecule has 1 amide bonds. The highest BCUT2D eigenvalue weighted by Gasteiger charge is 2.24. The fourth-order valence-electron chi connectivity index (χ4n) is 3.94. The zero-order valence-corrected chi connectivity index (χ0v) is 21.6. The van der Waals surface area contributed by atoms with Crippen molar-refractivity contribution >= 4 is 62.4 Å². The zero-order valence-electron chi connectivity index (χ0n) is 20.0. The summed E-state index contributed by atoms with van der Waals surface area (Å²) >= 11 is 2.77. The minimum Gasteiger partial charge on any atom is -0.320 e. The Morgan fingerprint density at radius 3 is 2.72 bits per heavy atom. The van der Waals surface area contributed by atoms with E-state index in [1.807, 2.05) is 49.4 Å². The smallest absolute Gasteiger partial charge is 0.239 e. The number of amides is 1. The topological polar surface area (TPSA) is 97.4 Å². The lowest BCUT2D eigenvalue weighted by atomic mass is 10.1. The van der Waals surface area contributed by atoms with Gasteiger partial charge in [-0.25, -0.2) is 4.98 Å². The average Bonchev–Trinajstić information content (AvgIpc) is 3.21. The van der Waals surface area contributed by atoms with Gasteiger partial charge in [-0.3, -0.25) is 4.79 Å². The summed E-state index contributed by atoms with van der Waals surface area (Å²) in [5, 5.41) is 21.8. The molecule has 1 N–H and O–H groups in total. The van der Waals surface area contributed by atoms with Gasteiger partial charge in [0.05, 0.1) is 16.5 Å². The third kappa shape index (κ3) is 4.91. The number of fused-ring (bicyclic) bond motifs is 3. The quantitative estimate of drug-likeness (QED) is 0.276. The second-order valence-corrected chi connectivity index (χ2v) is 10.4. The van der Waals surface area contributed by atoms with Gasteiger partial charge in [-0.05, 0) is 25.0 Å². The van der Waals surface area contributed by atoms with Gasteiger partial charge in [0.2, 0.25) is 11.1 Å². The van der Waals surface area contributed by atoms with Crippen LogP contribution >= 0.6 is 23.5 Å². The van der Waals surface area contributed by atoms with Crippen molar-refractivity contribution < 1.29 is 4.79 Å². The lowest BCUT2D eigenvalue weighted by Crippen LogP contribution is -2.37. The number of carbonyl (C=O) groups excluding carboxylic acids is 1. The molecule has 0 bridgehead atoms. The first kappa shape index (κ1) is 24.2. The summed E-state index contributed by atoms with van der Waals surface area (Å²) < 4.78 is 2.06. The molecule has 1 aliphatic rings. The molecule has 0 fully saturated rings. The van der Waals surface area contributed by atoms with Gasteiger partial charge in [-0.1, -0.05) is 84.6 Å². The minimum atomic E-state index is -0.396. The van der Waals surface area contributed by atoms with E-state index in [2.05, 4.69) is 55.9 Å².